The lowest BCUT2D eigenvalue weighted by atomic mass is 9.80. The number of carbonyl (C=O) groups is 3. The summed E-state index contributed by atoms with van der Waals surface area (Å²) in [6, 6.07) is 5.52. The van der Waals surface area contributed by atoms with Crippen LogP contribution in [0.15, 0.2) is 18.2 Å². The first kappa shape index (κ1) is 42.3. The molecule has 0 bridgehead atoms. The van der Waals surface area contributed by atoms with Crippen LogP contribution in [0.1, 0.15) is 132 Å². The van der Waals surface area contributed by atoms with E-state index < -0.39 is 47.1 Å². The number of nitrogens with zero attached hydrogens (tertiary/aromatic N) is 1. The Morgan fingerprint density at radius 3 is 2.27 bits per heavy atom. The van der Waals surface area contributed by atoms with Crippen molar-refractivity contribution in [1.82, 2.24) is 10.2 Å². The Bertz CT molecular complexity index is 1220. The van der Waals surface area contributed by atoms with E-state index in [0.717, 1.165) is 49.0 Å². The lowest BCUT2D eigenvalue weighted by Crippen LogP contribution is -2.52. The average Bonchev–Trinajstić information content (AvgIpc) is 3.26. The maximum Gasteiger partial charge on any atom is 0.412 e. The number of unbranched alkanes of at least 4 members (excludes halogenated alkanes) is 1. The fourth-order valence-electron chi connectivity index (χ4n) is 6.50. The molecule has 1 N–H and O–H groups in total. The Hall–Kier alpha value is -2.85. The highest BCUT2D eigenvalue weighted by Gasteiger charge is 2.52. The van der Waals surface area contributed by atoms with E-state index >= 15 is 0 Å². The van der Waals surface area contributed by atoms with Crippen molar-refractivity contribution in [3.63, 3.8) is 0 Å². The van der Waals surface area contributed by atoms with E-state index in [0.29, 0.717) is 19.6 Å². The first-order valence-corrected chi connectivity index (χ1v) is 18.2. The largest absolute Gasteiger partial charge is 0.493 e. The molecule has 1 saturated heterocycles. The summed E-state index contributed by atoms with van der Waals surface area (Å²) in [7, 11) is 1.67. The Morgan fingerprint density at radius 1 is 1.04 bits per heavy atom. The van der Waals surface area contributed by atoms with E-state index in [4.69, 9.17) is 23.7 Å². The molecule has 0 saturated carbocycles. The second kappa shape index (κ2) is 18.4. The summed E-state index contributed by atoms with van der Waals surface area (Å²) in [6.07, 6.45) is 3.04. The van der Waals surface area contributed by atoms with E-state index in [-0.39, 0.29) is 24.3 Å². The molecule has 1 aliphatic rings. The van der Waals surface area contributed by atoms with E-state index in [1.165, 1.54) is 6.92 Å². The van der Waals surface area contributed by atoms with Gasteiger partial charge in [-0.3, -0.25) is 14.5 Å². The van der Waals surface area contributed by atoms with Crippen molar-refractivity contribution in [2.24, 2.45) is 17.3 Å². The lowest BCUT2D eigenvalue weighted by Gasteiger charge is -2.38. The Balaban J connectivity index is 2.58. The van der Waals surface area contributed by atoms with E-state index in [9.17, 15) is 14.4 Å². The number of methoxy groups -OCH3 is 1. The Kier molecular flexibility index (Phi) is 15.9. The van der Waals surface area contributed by atoms with Gasteiger partial charge in [-0.05, 0) is 77.0 Å². The van der Waals surface area contributed by atoms with Gasteiger partial charge in [0.25, 0.3) is 0 Å². The molecule has 10 nitrogen and oxygen atoms in total. The van der Waals surface area contributed by atoms with Crippen molar-refractivity contribution in [3.05, 3.63) is 29.3 Å². The first-order valence-electron chi connectivity index (χ1n) is 18.2. The van der Waals surface area contributed by atoms with Crippen molar-refractivity contribution < 1.29 is 38.1 Å². The summed E-state index contributed by atoms with van der Waals surface area (Å²) in [5.74, 6) is 0.104. The normalized spacial score (nSPS) is 19.0. The van der Waals surface area contributed by atoms with Gasteiger partial charge in [0, 0.05) is 44.9 Å². The second-order valence-electron chi connectivity index (χ2n) is 15.8. The third kappa shape index (κ3) is 12.5. The highest BCUT2D eigenvalue weighted by atomic mass is 16.6. The van der Waals surface area contributed by atoms with Gasteiger partial charge >= 0.3 is 12.1 Å². The van der Waals surface area contributed by atoms with Crippen LogP contribution >= 0.6 is 0 Å². The second-order valence-corrected chi connectivity index (χ2v) is 15.8. The van der Waals surface area contributed by atoms with Crippen LogP contribution in [0.25, 0.3) is 0 Å². The summed E-state index contributed by atoms with van der Waals surface area (Å²) >= 11 is 0. The van der Waals surface area contributed by atoms with Gasteiger partial charge in [0.1, 0.15) is 23.2 Å². The van der Waals surface area contributed by atoms with Gasteiger partial charge in [-0.1, -0.05) is 66.5 Å². The fourth-order valence-corrected chi connectivity index (χ4v) is 6.50. The van der Waals surface area contributed by atoms with Crippen LogP contribution in [-0.4, -0.2) is 73.2 Å². The van der Waals surface area contributed by atoms with Crippen LogP contribution in [0.2, 0.25) is 0 Å². The van der Waals surface area contributed by atoms with Gasteiger partial charge in [-0.25, -0.2) is 4.79 Å². The SMILES string of the molecule is CCCCC(C)(C)C(=O)NCC1OC(C)(C)N(C(=O)OC(C)(C)C)[C@H]1CC(C(C)C)C(OC(C)=O)c1ccc(CC)c(OCCCOC)c1. The zero-order valence-corrected chi connectivity index (χ0v) is 32.7. The number of rotatable bonds is 18. The molecule has 0 aromatic heterocycles. The highest BCUT2D eigenvalue weighted by Crippen LogP contribution is 2.43. The monoisotopic (exact) mass is 690 g/mol. The molecule has 2 rings (SSSR count). The predicted molar refractivity (Wildman–Crippen MR) is 192 cm³/mol. The van der Waals surface area contributed by atoms with Crippen LogP contribution in [0.4, 0.5) is 4.79 Å². The van der Waals surface area contributed by atoms with Crippen LogP contribution in [-0.2, 0) is 35.0 Å². The van der Waals surface area contributed by atoms with Crippen molar-refractivity contribution in [2.45, 2.75) is 151 Å². The molecule has 10 heteroatoms. The third-order valence-electron chi connectivity index (χ3n) is 9.21. The highest BCUT2D eigenvalue weighted by molar-refractivity contribution is 5.81. The molecule has 3 unspecified atom stereocenters. The van der Waals surface area contributed by atoms with Gasteiger partial charge < -0.3 is 29.0 Å². The molecule has 4 atom stereocenters. The molecule has 280 valence electrons. The minimum absolute atomic E-state index is 0.0358. The number of benzene rings is 1. The maximum absolute atomic E-state index is 13.9. The number of carbonyl (C=O) groups excluding carboxylic acids is 3. The fraction of sp³-hybridized carbons (Fsp3) is 0.769. The van der Waals surface area contributed by atoms with E-state index in [1.807, 2.05) is 66.7 Å². The molecule has 1 aromatic rings. The average molecular weight is 691 g/mol. The van der Waals surface area contributed by atoms with Gasteiger partial charge in [-0.15, -0.1) is 0 Å². The third-order valence-corrected chi connectivity index (χ3v) is 9.21. The van der Waals surface area contributed by atoms with Crippen molar-refractivity contribution in [1.29, 1.82) is 0 Å². The van der Waals surface area contributed by atoms with Gasteiger partial charge in [0.15, 0.2) is 0 Å². The number of esters is 1. The minimum Gasteiger partial charge on any atom is -0.493 e. The number of amides is 2. The number of hydrogen-bond donors (Lipinski definition) is 1. The van der Waals surface area contributed by atoms with Crippen LogP contribution in [0.5, 0.6) is 5.75 Å². The first-order chi connectivity index (χ1) is 22.8. The number of aryl methyl sites for hydroxylation is 1. The van der Waals surface area contributed by atoms with Crippen molar-refractivity contribution >= 4 is 18.0 Å². The zero-order chi connectivity index (χ0) is 37.2. The van der Waals surface area contributed by atoms with Crippen LogP contribution in [0.3, 0.4) is 0 Å². The standard InChI is InChI=1S/C39H66N2O8/c1-14-16-20-38(9,10)35(43)40-25-33-31(41(39(11,12)48-33)36(44)49-37(6,7)8)24-30(26(3)4)34(47-27(5)42)29-19-18-28(15-2)32(23-29)46-22-17-21-45-13/h18-19,23,26,30-31,33-34H,14-17,20-22,24-25H2,1-13H3,(H,40,43)/t30?,31-,33?,34?/m0/s1. The molecule has 2 amide bonds. The molecule has 1 fully saturated rings. The van der Waals surface area contributed by atoms with E-state index in [2.05, 4.69) is 33.0 Å². The number of ether oxygens (including phenoxy) is 5. The number of nitrogens with one attached hydrogen (secondary N) is 1. The molecule has 49 heavy (non-hydrogen) atoms. The minimum atomic E-state index is -1.02. The summed E-state index contributed by atoms with van der Waals surface area (Å²) in [6.45, 7) is 24.2. The van der Waals surface area contributed by atoms with Crippen molar-refractivity contribution in [2.75, 3.05) is 26.9 Å². The zero-order valence-electron chi connectivity index (χ0n) is 32.7. The van der Waals surface area contributed by atoms with Gasteiger partial charge in [0.05, 0.1) is 18.8 Å². The molecule has 0 spiro atoms. The molecule has 1 aliphatic heterocycles. The maximum atomic E-state index is 13.9. The predicted octanol–water partition coefficient (Wildman–Crippen LogP) is 8.00. The molecule has 1 aromatic carbocycles. The van der Waals surface area contributed by atoms with Crippen LogP contribution < -0.4 is 10.1 Å². The van der Waals surface area contributed by atoms with Gasteiger partial charge in [0.2, 0.25) is 5.91 Å². The smallest absolute Gasteiger partial charge is 0.412 e. The number of hydrogen-bond acceptors (Lipinski definition) is 8. The summed E-state index contributed by atoms with van der Waals surface area (Å²) in [5, 5.41) is 3.14. The molecule has 0 radical (unpaired) electrons. The lowest BCUT2D eigenvalue weighted by molar-refractivity contribution is -0.151. The van der Waals surface area contributed by atoms with Crippen molar-refractivity contribution in [3.8, 4) is 5.75 Å². The molecule has 0 aliphatic carbocycles. The topological polar surface area (TPSA) is 113 Å². The Morgan fingerprint density at radius 2 is 1.71 bits per heavy atom. The summed E-state index contributed by atoms with van der Waals surface area (Å²) in [4.78, 5) is 41.6. The summed E-state index contributed by atoms with van der Waals surface area (Å²) < 4.78 is 30.0. The Labute approximate surface area is 296 Å². The van der Waals surface area contributed by atoms with E-state index in [1.54, 1.807) is 12.0 Å². The quantitative estimate of drug-likeness (QED) is 0.122. The molecular weight excluding hydrogens is 624 g/mol. The molecular formula is C39H66N2O8. The molecule has 1 heterocycles. The summed E-state index contributed by atoms with van der Waals surface area (Å²) in [5.41, 5.74) is -0.420. The van der Waals surface area contributed by atoms with Crippen LogP contribution in [0, 0.1) is 17.3 Å². The van der Waals surface area contributed by atoms with Gasteiger partial charge in [-0.2, -0.15) is 0 Å².